The molecule has 2 aromatic carbocycles. The van der Waals surface area contributed by atoms with E-state index in [9.17, 15) is 8.42 Å². The van der Waals surface area contributed by atoms with Crippen LogP contribution in [0.5, 0.6) is 0 Å². The van der Waals surface area contributed by atoms with Gasteiger partial charge in [0.05, 0.1) is 10.6 Å². The van der Waals surface area contributed by atoms with E-state index in [0.717, 1.165) is 16.0 Å². The van der Waals surface area contributed by atoms with Gasteiger partial charge in [0.25, 0.3) is 0 Å². The number of fused-ring (bicyclic) bond motifs is 1. The lowest BCUT2D eigenvalue weighted by Gasteiger charge is -2.16. The van der Waals surface area contributed by atoms with Crippen molar-refractivity contribution in [3.63, 3.8) is 0 Å². The molecule has 0 atom stereocenters. The second-order valence-corrected chi connectivity index (χ2v) is 9.39. The molecule has 0 saturated carbocycles. The molecular weight excluding hydrogens is 340 g/mol. The number of primary sulfonamides is 1. The molecule has 126 valence electrons. The maximum Gasteiger partial charge on any atom is 0.239 e. The lowest BCUT2D eigenvalue weighted by Crippen LogP contribution is -2.14. The molecule has 0 spiro atoms. The fourth-order valence-corrected chi connectivity index (χ4v) is 5.11. The van der Waals surface area contributed by atoms with Crippen molar-refractivity contribution in [3.8, 4) is 10.6 Å². The van der Waals surface area contributed by atoms with Crippen molar-refractivity contribution in [2.75, 3.05) is 0 Å². The maximum atomic E-state index is 12.3. The number of aromatic nitrogens is 1. The van der Waals surface area contributed by atoms with Gasteiger partial charge < -0.3 is 0 Å². The van der Waals surface area contributed by atoms with E-state index in [-0.39, 0.29) is 10.3 Å². The van der Waals surface area contributed by atoms with Crippen LogP contribution in [0.3, 0.4) is 0 Å². The van der Waals surface area contributed by atoms with Crippen LogP contribution in [0.4, 0.5) is 0 Å². The monoisotopic (exact) mass is 360 g/mol. The first-order valence-corrected chi connectivity index (χ1v) is 9.98. The average molecular weight is 361 g/mol. The molecule has 0 unspecified atom stereocenters. The molecule has 0 saturated heterocycles. The molecule has 0 radical (unpaired) electrons. The molecule has 0 aliphatic carbocycles. The minimum absolute atomic E-state index is 0.0431. The molecule has 0 bridgehead atoms. The summed E-state index contributed by atoms with van der Waals surface area (Å²) < 4.78 is 24.6. The number of sulfonamides is 1. The molecule has 3 aromatic rings. The topological polar surface area (TPSA) is 73.0 Å². The Morgan fingerprint density at radius 3 is 2.33 bits per heavy atom. The lowest BCUT2D eigenvalue weighted by atomic mass is 9.93. The molecule has 0 aliphatic rings. The first-order chi connectivity index (χ1) is 11.1. The van der Waals surface area contributed by atoms with Crippen LogP contribution in [-0.2, 0) is 15.4 Å². The predicted octanol–water partition coefficient (Wildman–Crippen LogP) is 4.22. The van der Waals surface area contributed by atoms with Crippen LogP contribution in [-0.4, -0.2) is 13.4 Å². The van der Waals surface area contributed by atoms with Gasteiger partial charge in [-0.15, -0.1) is 11.3 Å². The Balaban J connectivity index is 2.36. The van der Waals surface area contributed by atoms with Crippen LogP contribution in [0.25, 0.3) is 21.3 Å². The minimum Gasteiger partial charge on any atom is -0.241 e. The molecule has 0 amide bonds. The minimum atomic E-state index is -3.88. The van der Waals surface area contributed by atoms with Crippen molar-refractivity contribution >= 4 is 32.1 Å². The summed E-state index contributed by atoms with van der Waals surface area (Å²) in [6.07, 6.45) is 0. The molecule has 24 heavy (non-hydrogen) atoms. The Hall–Kier alpha value is -1.76. The van der Waals surface area contributed by atoms with Crippen LogP contribution in [0.15, 0.2) is 41.3 Å². The van der Waals surface area contributed by atoms with Crippen molar-refractivity contribution < 1.29 is 8.42 Å². The van der Waals surface area contributed by atoms with Crippen LogP contribution in [0.1, 0.15) is 31.3 Å². The van der Waals surface area contributed by atoms with Crippen molar-refractivity contribution in [1.82, 2.24) is 4.98 Å². The van der Waals surface area contributed by atoms with Crippen molar-refractivity contribution in [3.05, 3.63) is 47.0 Å². The summed E-state index contributed by atoms with van der Waals surface area (Å²) in [5, 5.41) is 7.70. The Labute approximate surface area is 146 Å². The number of nitrogens with zero attached hydrogens (tertiary/aromatic N) is 1. The number of benzene rings is 2. The highest BCUT2D eigenvalue weighted by Gasteiger charge is 2.25. The highest BCUT2D eigenvalue weighted by Crippen LogP contribution is 2.39. The van der Waals surface area contributed by atoms with E-state index in [4.69, 9.17) is 5.14 Å². The van der Waals surface area contributed by atoms with Gasteiger partial charge in [0, 0.05) is 15.8 Å². The van der Waals surface area contributed by atoms with E-state index in [0.29, 0.717) is 16.0 Å². The summed E-state index contributed by atoms with van der Waals surface area (Å²) >= 11 is 1.53. The Bertz CT molecular complexity index is 1030. The van der Waals surface area contributed by atoms with Gasteiger partial charge in [-0.05, 0) is 23.8 Å². The molecular formula is C18H20N2O2S2. The Morgan fingerprint density at radius 2 is 1.75 bits per heavy atom. The van der Waals surface area contributed by atoms with Gasteiger partial charge in [-0.3, -0.25) is 0 Å². The number of hydrogen-bond acceptors (Lipinski definition) is 4. The van der Waals surface area contributed by atoms with Crippen LogP contribution >= 0.6 is 11.3 Å². The van der Waals surface area contributed by atoms with Gasteiger partial charge in [0.2, 0.25) is 10.0 Å². The third-order valence-electron chi connectivity index (χ3n) is 3.87. The second-order valence-electron chi connectivity index (χ2n) is 6.89. The zero-order chi connectivity index (χ0) is 17.7. The summed E-state index contributed by atoms with van der Waals surface area (Å²) in [4.78, 5) is 5.92. The average Bonchev–Trinajstić information content (AvgIpc) is 2.87. The SMILES string of the molecule is Cc1nc(-c2ccc3ccccc3c2S(N)(=O)=O)sc1C(C)(C)C. The van der Waals surface area contributed by atoms with Crippen LogP contribution < -0.4 is 5.14 Å². The largest absolute Gasteiger partial charge is 0.241 e. The highest BCUT2D eigenvalue weighted by molar-refractivity contribution is 7.89. The number of hydrogen-bond donors (Lipinski definition) is 1. The Morgan fingerprint density at radius 1 is 1.08 bits per heavy atom. The molecule has 0 aliphatic heterocycles. The standard InChI is InChI=1S/C18H20N2O2S2/c1-11-16(18(2,3)4)23-17(20-11)14-10-9-12-7-5-6-8-13(12)15(14)24(19,21)22/h5-10H,1-4H3,(H2,19,21,22). The third-order valence-corrected chi connectivity index (χ3v) is 6.50. The number of thiazole rings is 1. The van der Waals surface area contributed by atoms with E-state index in [1.54, 1.807) is 12.1 Å². The second kappa shape index (κ2) is 5.65. The predicted molar refractivity (Wildman–Crippen MR) is 99.9 cm³/mol. The smallest absolute Gasteiger partial charge is 0.239 e. The van der Waals surface area contributed by atoms with Gasteiger partial charge >= 0.3 is 0 Å². The lowest BCUT2D eigenvalue weighted by molar-refractivity contribution is 0.597. The molecule has 0 fully saturated rings. The number of nitrogens with two attached hydrogens (primary N) is 1. The molecule has 4 nitrogen and oxygen atoms in total. The van der Waals surface area contributed by atoms with Gasteiger partial charge in [-0.2, -0.15) is 0 Å². The molecule has 3 rings (SSSR count). The van der Waals surface area contributed by atoms with Crippen LogP contribution in [0, 0.1) is 6.92 Å². The highest BCUT2D eigenvalue weighted by atomic mass is 32.2. The van der Waals surface area contributed by atoms with E-state index in [1.807, 2.05) is 31.2 Å². The summed E-state index contributed by atoms with van der Waals surface area (Å²) in [5.74, 6) is 0. The number of rotatable bonds is 2. The zero-order valence-electron chi connectivity index (χ0n) is 14.1. The van der Waals surface area contributed by atoms with Crippen molar-refractivity contribution in [2.24, 2.45) is 5.14 Å². The Kier molecular flexibility index (Phi) is 4.02. The fraction of sp³-hybridized carbons (Fsp3) is 0.278. The first-order valence-electron chi connectivity index (χ1n) is 7.62. The summed E-state index contributed by atoms with van der Waals surface area (Å²) in [6, 6.07) is 11.1. The molecule has 6 heteroatoms. The van der Waals surface area contributed by atoms with Gasteiger partial charge in [-0.25, -0.2) is 18.5 Å². The molecule has 1 aromatic heterocycles. The van der Waals surface area contributed by atoms with Crippen molar-refractivity contribution in [2.45, 2.75) is 38.0 Å². The maximum absolute atomic E-state index is 12.3. The van der Waals surface area contributed by atoms with Gasteiger partial charge in [0.1, 0.15) is 5.01 Å². The van der Waals surface area contributed by atoms with Crippen LogP contribution in [0.2, 0.25) is 0 Å². The summed E-state index contributed by atoms with van der Waals surface area (Å²) in [5.41, 5.74) is 1.45. The normalized spacial score (nSPS) is 12.7. The van der Waals surface area contributed by atoms with Gasteiger partial charge in [0.15, 0.2) is 0 Å². The third kappa shape index (κ3) is 2.97. The summed E-state index contributed by atoms with van der Waals surface area (Å²) in [7, 11) is -3.88. The van der Waals surface area contributed by atoms with E-state index >= 15 is 0 Å². The van der Waals surface area contributed by atoms with Crippen molar-refractivity contribution in [1.29, 1.82) is 0 Å². The number of aryl methyl sites for hydroxylation is 1. The zero-order valence-corrected chi connectivity index (χ0v) is 15.8. The van der Waals surface area contributed by atoms with E-state index in [2.05, 4.69) is 25.8 Å². The molecule has 1 heterocycles. The fourth-order valence-electron chi connectivity index (χ4n) is 2.93. The first kappa shape index (κ1) is 17.1. The van der Waals surface area contributed by atoms with Gasteiger partial charge in [-0.1, -0.05) is 51.1 Å². The van der Waals surface area contributed by atoms with E-state index < -0.39 is 10.0 Å². The van der Waals surface area contributed by atoms with E-state index in [1.165, 1.54) is 11.3 Å². The molecule has 2 N–H and O–H groups in total. The summed E-state index contributed by atoms with van der Waals surface area (Å²) in [6.45, 7) is 8.33. The quantitative estimate of drug-likeness (QED) is 0.744.